The minimum absolute atomic E-state index is 0.0182. The Kier molecular flexibility index (Phi) is 7.18. The molecule has 164 valence electrons. The molecule has 1 saturated carbocycles. The van der Waals surface area contributed by atoms with Crippen molar-refractivity contribution in [2.24, 2.45) is 0 Å². The number of aromatic nitrogens is 2. The van der Waals surface area contributed by atoms with E-state index in [9.17, 15) is 9.59 Å². The summed E-state index contributed by atoms with van der Waals surface area (Å²) in [5.41, 5.74) is 1.58. The molecule has 0 amide bonds. The van der Waals surface area contributed by atoms with Crippen molar-refractivity contribution in [2.75, 3.05) is 6.61 Å². The third-order valence-corrected chi connectivity index (χ3v) is 5.04. The van der Waals surface area contributed by atoms with Gasteiger partial charge in [-0.15, -0.1) is 0 Å². The van der Waals surface area contributed by atoms with Crippen LogP contribution in [0.3, 0.4) is 0 Å². The number of hydrogen-bond donors (Lipinski definition) is 0. The second-order valence-electron chi connectivity index (χ2n) is 7.68. The predicted octanol–water partition coefficient (Wildman–Crippen LogP) is 5.00. The van der Waals surface area contributed by atoms with Crippen molar-refractivity contribution >= 4 is 23.2 Å². The standard InChI is InChI=1S/C22H30N2O6/c1-5-27-21-23-18-13-9-12-17(19(18)24(21)14(2)3)20(25)28-15(4)29-22(26)30-16-10-7-6-8-11-16/h9,12-16H,5-8,10-11H2,1-4H3. The molecule has 0 bridgehead atoms. The molecule has 0 radical (unpaired) electrons. The van der Waals surface area contributed by atoms with Crippen molar-refractivity contribution < 1.29 is 28.5 Å². The molecule has 0 N–H and O–H groups in total. The summed E-state index contributed by atoms with van der Waals surface area (Å²) in [6.07, 6.45) is 2.91. The number of hydrogen-bond acceptors (Lipinski definition) is 7. The van der Waals surface area contributed by atoms with Gasteiger partial charge in [-0.25, -0.2) is 9.59 Å². The summed E-state index contributed by atoms with van der Waals surface area (Å²) in [7, 11) is 0. The number of rotatable bonds is 7. The molecule has 1 aliphatic rings. The van der Waals surface area contributed by atoms with Gasteiger partial charge >= 0.3 is 12.1 Å². The molecule has 1 heterocycles. The van der Waals surface area contributed by atoms with Crippen molar-refractivity contribution in [1.29, 1.82) is 0 Å². The molecule has 30 heavy (non-hydrogen) atoms. The minimum Gasteiger partial charge on any atom is -0.465 e. The van der Waals surface area contributed by atoms with Crippen LogP contribution < -0.4 is 4.74 Å². The van der Waals surface area contributed by atoms with Crippen molar-refractivity contribution in [2.45, 2.75) is 78.2 Å². The van der Waals surface area contributed by atoms with E-state index in [1.807, 2.05) is 31.4 Å². The SMILES string of the molecule is CCOc1nc2cccc(C(=O)OC(C)OC(=O)OC3CCCCC3)c2n1C(C)C. The molecule has 1 aromatic heterocycles. The monoisotopic (exact) mass is 418 g/mol. The molecule has 8 nitrogen and oxygen atoms in total. The second-order valence-corrected chi connectivity index (χ2v) is 7.68. The molecule has 8 heteroatoms. The molecule has 1 aliphatic carbocycles. The van der Waals surface area contributed by atoms with Gasteiger partial charge in [-0.05, 0) is 58.6 Å². The fraction of sp³-hybridized carbons (Fsp3) is 0.591. The summed E-state index contributed by atoms with van der Waals surface area (Å²) in [4.78, 5) is 29.3. The second kappa shape index (κ2) is 9.82. The maximum atomic E-state index is 12.8. The summed E-state index contributed by atoms with van der Waals surface area (Å²) < 4.78 is 23.3. The van der Waals surface area contributed by atoms with E-state index in [-0.39, 0.29) is 12.1 Å². The van der Waals surface area contributed by atoms with Crippen molar-refractivity contribution in [3.63, 3.8) is 0 Å². The Hall–Kier alpha value is -2.77. The van der Waals surface area contributed by atoms with E-state index in [1.165, 1.54) is 6.92 Å². The first kappa shape index (κ1) is 21.9. The first-order valence-electron chi connectivity index (χ1n) is 10.6. The summed E-state index contributed by atoms with van der Waals surface area (Å²) in [5.74, 6) is -0.608. The Morgan fingerprint density at radius 3 is 2.53 bits per heavy atom. The van der Waals surface area contributed by atoms with E-state index < -0.39 is 18.4 Å². The molecule has 2 aromatic rings. The van der Waals surface area contributed by atoms with E-state index in [0.29, 0.717) is 29.2 Å². The lowest BCUT2D eigenvalue weighted by atomic mass is 9.98. The number of nitrogens with zero attached hydrogens (tertiary/aromatic N) is 2. The fourth-order valence-electron chi connectivity index (χ4n) is 3.72. The molecular weight excluding hydrogens is 388 g/mol. The van der Waals surface area contributed by atoms with Crippen LogP contribution in [0.1, 0.15) is 76.2 Å². The summed E-state index contributed by atoms with van der Waals surface area (Å²) in [5, 5.41) is 0. The number of carbonyl (C=O) groups excluding carboxylic acids is 2. The zero-order valence-electron chi connectivity index (χ0n) is 18.1. The van der Waals surface area contributed by atoms with Crippen LogP contribution in [0.4, 0.5) is 4.79 Å². The number of benzene rings is 1. The Labute approximate surface area is 176 Å². The zero-order valence-corrected chi connectivity index (χ0v) is 18.1. The average molecular weight is 418 g/mol. The molecule has 1 fully saturated rings. The van der Waals surface area contributed by atoms with Crippen molar-refractivity contribution in [3.8, 4) is 6.01 Å². The van der Waals surface area contributed by atoms with Gasteiger partial charge in [-0.2, -0.15) is 4.98 Å². The van der Waals surface area contributed by atoms with Gasteiger partial charge in [0, 0.05) is 13.0 Å². The van der Waals surface area contributed by atoms with Crippen LogP contribution in [-0.4, -0.2) is 40.7 Å². The molecule has 0 spiro atoms. The highest BCUT2D eigenvalue weighted by atomic mass is 16.8. The van der Waals surface area contributed by atoms with Crippen LogP contribution in [0.5, 0.6) is 6.01 Å². The molecule has 0 saturated heterocycles. The van der Waals surface area contributed by atoms with Crippen LogP contribution in [-0.2, 0) is 14.2 Å². The lowest BCUT2D eigenvalue weighted by Gasteiger charge is -2.22. The summed E-state index contributed by atoms with van der Waals surface area (Å²) in [6.45, 7) is 7.80. The van der Waals surface area contributed by atoms with Gasteiger partial charge in [0.1, 0.15) is 6.10 Å². The van der Waals surface area contributed by atoms with E-state index in [2.05, 4.69) is 4.98 Å². The van der Waals surface area contributed by atoms with Crippen LogP contribution in [0.15, 0.2) is 18.2 Å². The van der Waals surface area contributed by atoms with E-state index in [4.69, 9.17) is 18.9 Å². The smallest absolute Gasteiger partial charge is 0.465 e. The molecule has 1 atom stereocenters. The molecule has 3 rings (SSSR count). The Morgan fingerprint density at radius 1 is 1.13 bits per heavy atom. The van der Waals surface area contributed by atoms with Crippen LogP contribution >= 0.6 is 0 Å². The number of carbonyl (C=O) groups is 2. The first-order valence-corrected chi connectivity index (χ1v) is 10.6. The quantitative estimate of drug-likeness (QED) is 0.461. The number of fused-ring (bicyclic) bond motifs is 1. The van der Waals surface area contributed by atoms with Crippen LogP contribution in [0.25, 0.3) is 11.0 Å². The number of ether oxygens (including phenoxy) is 4. The number of imidazole rings is 1. The Balaban J connectivity index is 1.72. The van der Waals surface area contributed by atoms with Gasteiger partial charge in [0.2, 0.25) is 6.29 Å². The lowest BCUT2D eigenvalue weighted by Crippen LogP contribution is -2.26. The Morgan fingerprint density at radius 2 is 1.87 bits per heavy atom. The van der Waals surface area contributed by atoms with Crippen molar-refractivity contribution in [3.05, 3.63) is 23.8 Å². The van der Waals surface area contributed by atoms with Gasteiger partial charge in [0.05, 0.1) is 23.2 Å². The molecule has 1 unspecified atom stereocenters. The van der Waals surface area contributed by atoms with Gasteiger partial charge in [0.15, 0.2) is 0 Å². The predicted molar refractivity (Wildman–Crippen MR) is 111 cm³/mol. The van der Waals surface area contributed by atoms with Gasteiger partial charge in [0.25, 0.3) is 6.01 Å². The maximum absolute atomic E-state index is 12.8. The fourth-order valence-corrected chi connectivity index (χ4v) is 3.72. The lowest BCUT2D eigenvalue weighted by molar-refractivity contribution is -0.0914. The molecular formula is C22H30N2O6. The highest BCUT2D eigenvalue weighted by Crippen LogP contribution is 2.29. The van der Waals surface area contributed by atoms with Gasteiger partial charge in [-0.1, -0.05) is 12.5 Å². The van der Waals surface area contributed by atoms with Gasteiger partial charge in [-0.3, -0.25) is 4.57 Å². The number of para-hydroxylation sites is 1. The maximum Gasteiger partial charge on any atom is 0.511 e. The van der Waals surface area contributed by atoms with Gasteiger partial charge < -0.3 is 18.9 Å². The third-order valence-electron chi connectivity index (χ3n) is 5.04. The van der Waals surface area contributed by atoms with Crippen LogP contribution in [0.2, 0.25) is 0 Å². The summed E-state index contributed by atoms with van der Waals surface area (Å²) in [6, 6.07) is 5.67. The zero-order chi connectivity index (χ0) is 21.7. The minimum atomic E-state index is -1.08. The van der Waals surface area contributed by atoms with Crippen LogP contribution in [0, 0.1) is 0 Å². The normalized spacial score (nSPS) is 15.8. The summed E-state index contributed by atoms with van der Waals surface area (Å²) >= 11 is 0. The average Bonchev–Trinajstić information content (AvgIpc) is 3.07. The Bertz CT molecular complexity index is 885. The van der Waals surface area contributed by atoms with E-state index in [0.717, 1.165) is 32.1 Å². The highest BCUT2D eigenvalue weighted by molar-refractivity contribution is 6.02. The van der Waals surface area contributed by atoms with E-state index >= 15 is 0 Å². The molecule has 1 aromatic carbocycles. The largest absolute Gasteiger partial charge is 0.511 e. The highest BCUT2D eigenvalue weighted by Gasteiger charge is 2.25. The first-order chi connectivity index (χ1) is 14.4. The van der Waals surface area contributed by atoms with Crippen molar-refractivity contribution in [1.82, 2.24) is 9.55 Å². The molecule has 0 aliphatic heterocycles. The van der Waals surface area contributed by atoms with E-state index in [1.54, 1.807) is 12.1 Å². The third kappa shape index (κ3) is 5.04. The number of esters is 1. The topological polar surface area (TPSA) is 88.9 Å².